The Morgan fingerprint density at radius 3 is 2.62 bits per heavy atom. The van der Waals surface area contributed by atoms with Gasteiger partial charge in [0.05, 0.1) is 24.6 Å². The van der Waals surface area contributed by atoms with Gasteiger partial charge in [-0.2, -0.15) is 5.10 Å². The Morgan fingerprint density at radius 2 is 2.08 bits per heavy atom. The molecule has 2 rings (SSSR count). The summed E-state index contributed by atoms with van der Waals surface area (Å²) in [6.07, 6.45) is 3.23. The number of rotatable bonds is 5. The van der Waals surface area contributed by atoms with Crippen LogP contribution in [-0.2, 0) is 16.6 Å². The molecule has 1 unspecified atom stereocenters. The molecule has 0 radical (unpaired) electrons. The number of carbonyl (C=O) groups is 2. The molecule has 1 amide bonds. The second kappa shape index (κ2) is 8.42. The normalized spacial score (nSPS) is 11.3. The third kappa shape index (κ3) is 4.30. The molecule has 2 N–H and O–H groups in total. The van der Waals surface area contributed by atoms with Crippen molar-refractivity contribution in [1.82, 2.24) is 15.1 Å². The Kier molecular flexibility index (Phi) is 6.87. The number of aryl methyl sites for hydroxylation is 1. The molecule has 7 nitrogen and oxygen atoms in total. The van der Waals surface area contributed by atoms with Crippen LogP contribution in [0.25, 0.3) is 0 Å². The minimum Gasteiger partial charge on any atom is -0.465 e. The van der Waals surface area contributed by atoms with E-state index in [1.165, 1.54) is 19.2 Å². The van der Waals surface area contributed by atoms with Crippen LogP contribution in [0, 0.1) is 5.82 Å². The average molecular weight is 357 g/mol. The van der Waals surface area contributed by atoms with Crippen LogP contribution in [0.1, 0.15) is 22.0 Å². The standard InChI is InChI=1S/C15H17FN4O3.ClH/c1-17-13(10-7-18-20(2)8-10)14(21)19-12-6-9(15(22)23-3)4-5-11(12)16;/h4-8,13,17H,1-3H3,(H,19,21);1H. The maximum absolute atomic E-state index is 13.9. The van der Waals surface area contributed by atoms with Crippen molar-refractivity contribution in [3.8, 4) is 0 Å². The van der Waals surface area contributed by atoms with E-state index >= 15 is 0 Å². The zero-order chi connectivity index (χ0) is 17.0. The summed E-state index contributed by atoms with van der Waals surface area (Å²) in [7, 11) is 4.56. The maximum Gasteiger partial charge on any atom is 0.337 e. The summed E-state index contributed by atoms with van der Waals surface area (Å²) in [5.41, 5.74) is 0.686. The number of anilines is 1. The summed E-state index contributed by atoms with van der Waals surface area (Å²) in [5.74, 6) is -1.73. The fraction of sp³-hybridized carbons (Fsp3) is 0.267. The number of benzene rings is 1. The van der Waals surface area contributed by atoms with E-state index in [1.807, 2.05) is 0 Å². The van der Waals surface area contributed by atoms with Crippen LogP contribution in [0.2, 0.25) is 0 Å². The lowest BCUT2D eigenvalue weighted by molar-refractivity contribution is -0.118. The first-order valence-corrected chi connectivity index (χ1v) is 6.80. The molecule has 0 aliphatic carbocycles. The van der Waals surface area contributed by atoms with Crippen LogP contribution in [-0.4, -0.2) is 35.8 Å². The molecule has 0 bridgehead atoms. The highest BCUT2D eigenvalue weighted by Gasteiger charge is 2.21. The van der Waals surface area contributed by atoms with Crippen molar-refractivity contribution in [1.29, 1.82) is 0 Å². The Hall–Kier alpha value is -2.45. The number of likely N-dealkylation sites (N-methyl/N-ethyl adjacent to an activating group) is 1. The Morgan fingerprint density at radius 1 is 1.38 bits per heavy atom. The zero-order valence-corrected chi connectivity index (χ0v) is 14.2. The average Bonchev–Trinajstić information content (AvgIpc) is 2.95. The summed E-state index contributed by atoms with van der Waals surface area (Å²) in [6, 6.07) is 2.91. The van der Waals surface area contributed by atoms with Crippen molar-refractivity contribution in [3.05, 3.63) is 47.5 Å². The fourth-order valence-electron chi connectivity index (χ4n) is 2.11. The molecule has 1 atom stereocenters. The van der Waals surface area contributed by atoms with E-state index in [0.717, 1.165) is 6.07 Å². The number of halogens is 2. The van der Waals surface area contributed by atoms with Gasteiger partial charge in [-0.05, 0) is 25.2 Å². The van der Waals surface area contributed by atoms with Gasteiger partial charge >= 0.3 is 5.97 Å². The van der Waals surface area contributed by atoms with E-state index in [-0.39, 0.29) is 23.7 Å². The van der Waals surface area contributed by atoms with Crippen molar-refractivity contribution < 1.29 is 18.7 Å². The van der Waals surface area contributed by atoms with Crippen molar-refractivity contribution in [2.75, 3.05) is 19.5 Å². The summed E-state index contributed by atoms with van der Waals surface area (Å²) in [5, 5.41) is 9.31. The Labute approximate surface area is 144 Å². The second-order valence-electron chi connectivity index (χ2n) is 4.84. The van der Waals surface area contributed by atoms with Gasteiger partial charge in [0.25, 0.3) is 0 Å². The Balaban J connectivity index is 0.00000288. The van der Waals surface area contributed by atoms with Crippen LogP contribution < -0.4 is 10.6 Å². The predicted octanol–water partition coefficient (Wildman–Crippen LogP) is 1.67. The first-order valence-electron chi connectivity index (χ1n) is 6.80. The van der Waals surface area contributed by atoms with Gasteiger partial charge < -0.3 is 15.4 Å². The van der Waals surface area contributed by atoms with Crippen LogP contribution in [0.3, 0.4) is 0 Å². The first kappa shape index (κ1) is 19.6. The van der Waals surface area contributed by atoms with Crippen molar-refractivity contribution in [2.45, 2.75) is 6.04 Å². The number of hydrogen-bond donors (Lipinski definition) is 2. The lowest BCUT2D eigenvalue weighted by atomic mass is 10.1. The topological polar surface area (TPSA) is 85.2 Å². The second-order valence-corrected chi connectivity index (χ2v) is 4.84. The monoisotopic (exact) mass is 356 g/mol. The summed E-state index contributed by atoms with van der Waals surface area (Å²) in [4.78, 5) is 23.9. The number of hydrogen-bond acceptors (Lipinski definition) is 5. The third-order valence-corrected chi connectivity index (χ3v) is 3.25. The van der Waals surface area contributed by atoms with Crippen molar-refractivity contribution in [2.24, 2.45) is 7.05 Å². The van der Waals surface area contributed by atoms with E-state index in [4.69, 9.17) is 0 Å². The molecule has 0 aliphatic rings. The van der Waals surface area contributed by atoms with Crippen LogP contribution >= 0.6 is 12.4 Å². The van der Waals surface area contributed by atoms with E-state index in [9.17, 15) is 14.0 Å². The SMILES string of the molecule is CNC(C(=O)Nc1cc(C(=O)OC)ccc1F)c1cnn(C)c1.Cl. The highest BCUT2D eigenvalue weighted by Crippen LogP contribution is 2.20. The molecule has 9 heteroatoms. The number of nitrogens with zero attached hydrogens (tertiary/aromatic N) is 2. The predicted molar refractivity (Wildman–Crippen MR) is 88.6 cm³/mol. The van der Waals surface area contributed by atoms with Crippen LogP contribution in [0.4, 0.5) is 10.1 Å². The summed E-state index contributed by atoms with van der Waals surface area (Å²) < 4.78 is 20.0. The van der Waals surface area contributed by atoms with Crippen molar-refractivity contribution >= 4 is 30.0 Å². The highest BCUT2D eigenvalue weighted by atomic mass is 35.5. The number of esters is 1. The molecule has 24 heavy (non-hydrogen) atoms. The Bertz CT molecular complexity index is 735. The van der Waals surface area contributed by atoms with E-state index < -0.39 is 23.7 Å². The molecule has 0 saturated heterocycles. The third-order valence-electron chi connectivity index (χ3n) is 3.25. The number of ether oxygens (including phenoxy) is 1. The lowest BCUT2D eigenvalue weighted by Gasteiger charge is -2.15. The number of nitrogens with one attached hydrogen (secondary N) is 2. The van der Waals surface area contributed by atoms with Gasteiger partial charge in [-0.1, -0.05) is 0 Å². The molecule has 1 heterocycles. The molecular formula is C15H18ClFN4O3. The van der Waals surface area contributed by atoms with Crippen LogP contribution in [0.5, 0.6) is 0 Å². The first-order chi connectivity index (χ1) is 11.0. The van der Waals surface area contributed by atoms with Gasteiger partial charge in [-0.25, -0.2) is 9.18 Å². The van der Waals surface area contributed by atoms with Gasteiger partial charge in [0, 0.05) is 18.8 Å². The maximum atomic E-state index is 13.9. The zero-order valence-electron chi connectivity index (χ0n) is 13.4. The molecule has 0 spiro atoms. The minimum atomic E-state index is -0.704. The lowest BCUT2D eigenvalue weighted by Crippen LogP contribution is -2.30. The van der Waals surface area contributed by atoms with E-state index in [0.29, 0.717) is 5.56 Å². The van der Waals surface area contributed by atoms with Gasteiger partial charge in [-0.3, -0.25) is 9.48 Å². The minimum absolute atomic E-state index is 0. The number of aromatic nitrogens is 2. The van der Waals surface area contributed by atoms with Gasteiger partial charge in [0.15, 0.2) is 0 Å². The molecule has 0 saturated carbocycles. The van der Waals surface area contributed by atoms with Gasteiger partial charge in [-0.15, -0.1) is 12.4 Å². The van der Waals surface area contributed by atoms with Gasteiger partial charge in [0.1, 0.15) is 11.9 Å². The van der Waals surface area contributed by atoms with Crippen LogP contribution in [0.15, 0.2) is 30.6 Å². The number of methoxy groups -OCH3 is 1. The van der Waals surface area contributed by atoms with E-state index in [1.54, 1.807) is 31.2 Å². The number of amides is 1. The van der Waals surface area contributed by atoms with Gasteiger partial charge in [0.2, 0.25) is 5.91 Å². The molecule has 1 aromatic carbocycles. The summed E-state index contributed by atoms with van der Waals surface area (Å²) in [6.45, 7) is 0. The molecule has 0 fully saturated rings. The molecule has 2 aromatic rings. The molecular weight excluding hydrogens is 339 g/mol. The smallest absolute Gasteiger partial charge is 0.337 e. The summed E-state index contributed by atoms with van der Waals surface area (Å²) >= 11 is 0. The highest BCUT2D eigenvalue weighted by molar-refractivity contribution is 5.97. The largest absolute Gasteiger partial charge is 0.465 e. The fourth-order valence-corrected chi connectivity index (χ4v) is 2.11. The van der Waals surface area contributed by atoms with E-state index in [2.05, 4.69) is 20.5 Å². The molecule has 1 aromatic heterocycles. The molecule has 0 aliphatic heterocycles. The van der Waals surface area contributed by atoms with Crippen molar-refractivity contribution in [3.63, 3.8) is 0 Å². The molecule has 130 valence electrons. The number of carbonyl (C=O) groups excluding carboxylic acids is 2. The quantitative estimate of drug-likeness (QED) is 0.796.